The number of nitrogens with one attached hydrogen (secondary N) is 1. The van der Waals surface area contributed by atoms with Crippen LogP contribution >= 0.6 is 55.8 Å². The molecule has 0 spiro atoms. The molecule has 0 atom stereocenters. The SMILES string of the molecule is O=C1NC(=S)S/C1=C/c1ccc(Br)cc1Oc1cccc(Br)c1. The normalized spacial score (nSPS) is 15.8. The van der Waals surface area contributed by atoms with E-state index in [1.165, 1.54) is 11.8 Å². The van der Waals surface area contributed by atoms with Crippen LogP contribution in [0.2, 0.25) is 0 Å². The van der Waals surface area contributed by atoms with Crippen molar-refractivity contribution in [3.8, 4) is 11.5 Å². The molecule has 0 bridgehead atoms. The van der Waals surface area contributed by atoms with Crippen molar-refractivity contribution < 1.29 is 9.53 Å². The van der Waals surface area contributed by atoms with Crippen molar-refractivity contribution >= 4 is 72.1 Å². The maximum Gasteiger partial charge on any atom is 0.263 e. The van der Waals surface area contributed by atoms with Gasteiger partial charge in [0.15, 0.2) is 0 Å². The topological polar surface area (TPSA) is 38.3 Å². The summed E-state index contributed by atoms with van der Waals surface area (Å²) < 4.78 is 8.25. The molecule has 0 unspecified atom stereocenters. The van der Waals surface area contributed by atoms with E-state index in [0.717, 1.165) is 14.5 Å². The Morgan fingerprint density at radius 1 is 1.13 bits per heavy atom. The predicted molar refractivity (Wildman–Crippen MR) is 105 cm³/mol. The van der Waals surface area contributed by atoms with Crippen LogP contribution in [0.1, 0.15) is 5.56 Å². The summed E-state index contributed by atoms with van der Waals surface area (Å²) in [5.41, 5.74) is 0.801. The van der Waals surface area contributed by atoms with Gasteiger partial charge in [0, 0.05) is 14.5 Å². The molecule has 0 radical (unpaired) electrons. The van der Waals surface area contributed by atoms with Crippen molar-refractivity contribution in [2.45, 2.75) is 0 Å². The van der Waals surface area contributed by atoms with Gasteiger partial charge >= 0.3 is 0 Å². The Labute approximate surface area is 159 Å². The van der Waals surface area contributed by atoms with E-state index in [0.29, 0.717) is 20.7 Å². The maximum atomic E-state index is 11.8. The van der Waals surface area contributed by atoms with E-state index in [1.807, 2.05) is 42.5 Å². The molecule has 23 heavy (non-hydrogen) atoms. The summed E-state index contributed by atoms with van der Waals surface area (Å²) in [6.07, 6.45) is 1.78. The van der Waals surface area contributed by atoms with Crippen LogP contribution in [0.4, 0.5) is 0 Å². The van der Waals surface area contributed by atoms with Gasteiger partial charge in [-0.2, -0.15) is 0 Å². The van der Waals surface area contributed by atoms with Gasteiger partial charge in [0.25, 0.3) is 5.91 Å². The minimum absolute atomic E-state index is 0.184. The highest BCUT2D eigenvalue weighted by molar-refractivity contribution is 9.10. The number of hydrogen-bond acceptors (Lipinski definition) is 4. The Hall–Kier alpha value is -1.15. The second-order valence-electron chi connectivity index (χ2n) is 4.59. The van der Waals surface area contributed by atoms with Crippen LogP contribution < -0.4 is 10.1 Å². The molecule has 2 aromatic rings. The molecule has 116 valence electrons. The molecule has 1 saturated heterocycles. The molecule has 1 aliphatic rings. The molecule has 3 rings (SSSR count). The van der Waals surface area contributed by atoms with Crippen molar-refractivity contribution in [2.24, 2.45) is 0 Å². The molecule has 1 amide bonds. The van der Waals surface area contributed by atoms with Crippen molar-refractivity contribution in [2.75, 3.05) is 0 Å². The summed E-state index contributed by atoms with van der Waals surface area (Å²) in [6.45, 7) is 0. The average Bonchev–Trinajstić information content (AvgIpc) is 2.80. The second kappa shape index (κ2) is 7.17. The lowest BCUT2D eigenvalue weighted by Gasteiger charge is -2.10. The van der Waals surface area contributed by atoms with Gasteiger partial charge in [-0.15, -0.1) is 0 Å². The molecule has 1 aliphatic heterocycles. The van der Waals surface area contributed by atoms with Crippen molar-refractivity contribution in [3.05, 3.63) is 61.9 Å². The quantitative estimate of drug-likeness (QED) is 0.475. The zero-order valence-electron chi connectivity index (χ0n) is 11.5. The van der Waals surface area contributed by atoms with Crippen molar-refractivity contribution in [3.63, 3.8) is 0 Å². The molecule has 2 aromatic carbocycles. The number of benzene rings is 2. The summed E-state index contributed by atoms with van der Waals surface area (Å²) in [4.78, 5) is 12.4. The largest absolute Gasteiger partial charge is 0.457 e. The molecular formula is C16H9Br2NO2S2. The van der Waals surface area contributed by atoms with E-state index in [4.69, 9.17) is 17.0 Å². The fourth-order valence-electron chi connectivity index (χ4n) is 1.94. The van der Waals surface area contributed by atoms with Crippen LogP contribution in [-0.2, 0) is 4.79 Å². The molecule has 1 fully saturated rings. The van der Waals surface area contributed by atoms with E-state index in [1.54, 1.807) is 6.08 Å². The fraction of sp³-hybridized carbons (Fsp3) is 0. The van der Waals surface area contributed by atoms with Gasteiger partial charge in [0.2, 0.25) is 0 Å². The Kier molecular flexibility index (Phi) is 5.21. The predicted octanol–water partition coefficient (Wildman–Crippen LogP) is 5.49. The van der Waals surface area contributed by atoms with Gasteiger partial charge in [-0.1, -0.05) is 68.0 Å². The lowest BCUT2D eigenvalue weighted by Crippen LogP contribution is -2.17. The number of carbonyl (C=O) groups excluding carboxylic acids is 1. The van der Waals surface area contributed by atoms with Crippen LogP contribution in [-0.4, -0.2) is 10.2 Å². The Balaban J connectivity index is 1.97. The first-order chi connectivity index (χ1) is 11.0. The van der Waals surface area contributed by atoms with E-state index in [2.05, 4.69) is 37.2 Å². The van der Waals surface area contributed by atoms with E-state index < -0.39 is 0 Å². The smallest absolute Gasteiger partial charge is 0.263 e. The molecule has 7 heteroatoms. The Bertz CT molecular complexity index is 837. The third kappa shape index (κ3) is 4.23. The summed E-state index contributed by atoms with van der Waals surface area (Å²) in [6, 6.07) is 13.2. The van der Waals surface area contributed by atoms with Crippen LogP contribution in [0.15, 0.2) is 56.3 Å². The van der Waals surface area contributed by atoms with Gasteiger partial charge in [0.1, 0.15) is 15.8 Å². The fourth-order valence-corrected chi connectivity index (χ4v) is 3.69. The van der Waals surface area contributed by atoms with Crippen molar-refractivity contribution in [1.82, 2.24) is 5.32 Å². The summed E-state index contributed by atoms with van der Waals surface area (Å²) >= 11 is 13.1. The van der Waals surface area contributed by atoms with Crippen LogP contribution in [0.5, 0.6) is 11.5 Å². The Morgan fingerprint density at radius 3 is 2.61 bits per heavy atom. The number of ether oxygens (including phenoxy) is 1. The van der Waals surface area contributed by atoms with E-state index in [9.17, 15) is 4.79 Å². The number of halogens is 2. The standard InChI is InChI=1S/C16H9Br2NO2S2/c17-10-2-1-3-12(7-10)21-13-8-11(18)5-4-9(13)6-14-15(20)19-16(22)23-14/h1-8H,(H,19,20,22)/b14-6+. The first-order valence-electron chi connectivity index (χ1n) is 6.49. The van der Waals surface area contributed by atoms with Gasteiger partial charge < -0.3 is 10.1 Å². The molecule has 0 aromatic heterocycles. The highest BCUT2D eigenvalue weighted by atomic mass is 79.9. The first-order valence-corrected chi connectivity index (χ1v) is 9.30. The molecule has 1 heterocycles. The molecule has 3 nitrogen and oxygen atoms in total. The minimum atomic E-state index is -0.184. The van der Waals surface area contributed by atoms with Gasteiger partial charge in [-0.25, -0.2) is 0 Å². The Morgan fingerprint density at radius 2 is 1.91 bits per heavy atom. The van der Waals surface area contributed by atoms with Gasteiger partial charge in [-0.3, -0.25) is 4.79 Å². The van der Waals surface area contributed by atoms with Crippen molar-refractivity contribution in [1.29, 1.82) is 0 Å². The maximum absolute atomic E-state index is 11.8. The minimum Gasteiger partial charge on any atom is -0.457 e. The highest BCUT2D eigenvalue weighted by Gasteiger charge is 2.22. The lowest BCUT2D eigenvalue weighted by molar-refractivity contribution is -0.115. The summed E-state index contributed by atoms with van der Waals surface area (Å²) in [7, 11) is 0. The lowest BCUT2D eigenvalue weighted by atomic mass is 10.2. The summed E-state index contributed by atoms with van der Waals surface area (Å²) in [5.74, 6) is 1.17. The van der Waals surface area contributed by atoms with Gasteiger partial charge in [-0.05, 0) is 36.4 Å². The van der Waals surface area contributed by atoms with E-state index >= 15 is 0 Å². The molecular weight excluding hydrogens is 462 g/mol. The molecule has 0 aliphatic carbocycles. The molecule has 1 N–H and O–H groups in total. The number of hydrogen-bond donors (Lipinski definition) is 1. The average molecular weight is 471 g/mol. The number of thiocarbonyl (C=S) groups is 1. The number of carbonyl (C=O) groups is 1. The zero-order chi connectivity index (χ0) is 16.4. The van der Waals surface area contributed by atoms with Gasteiger partial charge in [0.05, 0.1) is 4.91 Å². The monoisotopic (exact) mass is 469 g/mol. The van der Waals surface area contributed by atoms with Crippen LogP contribution in [0.3, 0.4) is 0 Å². The van der Waals surface area contributed by atoms with Crippen LogP contribution in [0, 0.1) is 0 Å². The number of rotatable bonds is 3. The number of amides is 1. The third-order valence-electron chi connectivity index (χ3n) is 2.93. The second-order valence-corrected chi connectivity index (χ2v) is 8.14. The van der Waals surface area contributed by atoms with E-state index in [-0.39, 0.29) is 5.91 Å². The highest BCUT2D eigenvalue weighted by Crippen LogP contribution is 2.34. The molecule has 0 saturated carbocycles. The number of thioether (sulfide) groups is 1. The van der Waals surface area contributed by atoms with Crippen LogP contribution in [0.25, 0.3) is 6.08 Å². The zero-order valence-corrected chi connectivity index (χ0v) is 16.3. The third-order valence-corrected chi connectivity index (χ3v) is 5.08. The summed E-state index contributed by atoms with van der Waals surface area (Å²) in [5, 5.41) is 2.61. The first kappa shape index (κ1) is 16.7.